The third-order valence-corrected chi connectivity index (χ3v) is 4.44. The van der Waals surface area contributed by atoms with E-state index in [1.54, 1.807) is 0 Å². The van der Waals surface area contributed by atoms with Crippen LogP contribution in [0.15, 0.2) is 42.0 Å². The van der Waals surface area contributed by atoms with Crippen molar-refractivity contribution in [2.75, 3.05) is 13.7 Å². The fraction of sp³-hybridized carbons (Fsp3) is 0.227. The van der Waals surface area contributed by atoms with Crippen LogP contribution in [0, 0.1) is 31.6 Å². The average molecular weight is 468 g/mol. The Morgan fingerprint density at radius 3 is 2.26 bits per heavy atom. The molecule has 34 heavy (non-hydrogen) atoms. The number of methoxy groups -OCH3 is 1. The van der Waals surface area contributed by atoms with E-state index < -0.39 is 38.7 Å². The van der Waals surface area contributed by atoms with Gasteiger partial charge in [-0.15, -0.1) is 0 Å². The van der Waals surface area contributed by atoms with Gasteiger partial charge in [0, 0.05) is 18.7 Å². The van der Waals surface area contributed by atoms with Gasteiger partial charge >= 0.3 is 5.97 Å². The first-order valence-corrected chi connectivity index (χ1v) is 9.94. The van der Waals surface area contributed by atoms with Crippen LogP contribution in [0.4, 0.5) is 11.4 Å². The molecule has 0 aliphatic rings. The predicted octanol–water partition coefficient (Wildman–Crippen LogP) is 3.55. The van der Waals surface area contributed by atoms with Crippen molar-refractivity contribution in [3.8, 4) is 17.6 Å². The van der Waals surface area contributed by atoms with Crippen molar-refractivity contribution in [3.63, 3.8) is 0 Å². The maximum atomic E-state index is 12.5. The molecular weight excluding hydrogens is 448 g/mol. The highest BCUT2D eigenvalue weighted by Gasteiger charge is 2.22. The number of nitro groups is 2. The van der Waals surface area contributed by atoms with E-state index in [0.717, 1.165) is 31.0 Å². The van der Waals surface area contributed by atoms with Crippen LogP contribution in [0.3, 0.4) is 0 Å². The van der Waals surface area contributed by atoms with Crippen molar-refractivity contribution in [1.29, 1.82) is 5.26 Å². The molecule has 1 N–H and O–H groups in total. The summed E-state index contributed by atoms with van der Waals surface area (Å²) in [5.41, 5.74) is -1.41. The molecular formula is C22H20N4O8. The summed E-state index contributed by atoms with van der Waals surface area (Å²) in [5.74, 6) is -1.63. The second kappa shape index (κ2) is 11.7. The van der Waals surface area contributed by atoms with E-state index in [-0.39, 0.29) is 17.1 Å². The van der Waals surface area contributed by atoms with Crippen LogP contribution in [-0.4, -0.2) is 35.4 Å². The number of carbonyl (C=O) groups excluding carboxylic acids is 2. The van der Waals surface area contributed by atoms with E-state index in [1.807, 2.05) is 13.0 Å². The van der Waals surface area contributed by atoms with Crippen LogP contribution < -0.4 is 14.8 Å². The quantitative estimate of drug-likeness (QED) is 0.104. The Morgan fingerprint density at radius 1 is 1.09 bits per heavy atom. The number of amides is 1. The molecule has 0 unspecified atom stereocenters. The highest BCUT2D eigenvalue weighted by molar-refractivity contribution is 6.01. The zero-order chi connectivity index (χ0) is 25.3. The Labute approximate surface area is 193 Å². The predicted molar refractivity (Wildman–Crippen MR) is 119 cm³/mol. The van der Waals surface area contributed by atoms with Crippen molar-refractivity contribution in [3.05, 3.63) is 73.3 Å². The number of rotatable bonds is 10. The summed E-state index contributed by atoms with van der Waals surface area (Å²) in [5, 5.41) is 34.0. The number of nitriles is 1. The third-order valence-electron chi connectivity index (χ3n) is 4.44. The largest absolute Gasteiger partial charge is 0.493 e. The van der Waals surface area contributed by atoms with E-state index in [2.05, 4.69) is 5.32 Å². The molecule has 2 aromatic carbocycles. The molecule has 0 bridgehead atoms. The maximum Gasteiger partial charge on any atom is 0.344 e. The number of esters is 1. The molecule has 0 atom stereocenters. The van der Waals surface area contributed by atoms with Crippen LogP contribution >= 0.6 is 0 Å². The first-order chi connectivity index (χ1) is 16.2. The number of nitrogens with one attached hydrogen (secondary N) is 1. The van der Waals surface area contributed by atoms with Crippen molar-refractivity contribution in [2.45, 2.75) is 19.8 Å². The van der Waals surface area contributed by atoms with Crippen molar-refractivity contribution >= 4 is 29.3 Å². The Bertz CT molecular complexity index is 1170. The Morgan fingerprint density at radius 2 is 1.74 bits per heavy atom. The summed E-state index contributed by atoms with van der Waals surface area (Å²) in [7, 11) is 1.29. The van der Waals surface area contributed by atoms with Crippen LogP contribution in [0.25, 0.3) is 6.08 Å². The van der Waals surface area contributed by atoms with Gasteiger partial charge in [-0.05, 0) is 30.2 Å². The summed E-state index contributed by atoms with van der Waals surface area (Å²) in [6.45, 7) is 2.40. The number of carbonyl (C=O) groups is 2. The molecule has 0 saturated heterocycles. The van der Waals surface area contributed by atoms with E-state index in [1.165, 1.54) is 31.4 Å². The molecule has 0 aromatic heterocycles. The lowest BCUT2D eigenvalue weighted by Gasteiger charge is -2.10. The van der Waals surface area contributed by atoms with Gasteiger partial charge in [0.05, 0.1) is 28.6 Å². The summed E-state index contributed by atoms with van der Waals surface area (Å²) in [6.07, 6.45) is 2.98. The fourth-order valence-electron chi connectivity index (χ4n) is 2.73. The number of unbranched alkanes of at least 4 members (excludes halogenated alkanes) is 1. The molecule has 0 radical (unpaired) electrons. The summed E-state index contributed by atoms with van der Waals surface area (Å²) >= 11 is 0. The minimum Gasteiger partial charge on any atom is -0.493 e. The second-order valence-corrected chi connectivity index (χ2v) is 6.83. The number of non-ortho nitro benzene ring substituents is 2. The Hall–Kier alpha value is -4.79. The molecule has 0 spiro atoms. The standard InChI is InChI=1S/C22H20N4O8/c1-3-4-7-24-21(27)16(13-23)8-14-5-6-19(20(9-14)33-2)34-22(28)15-10-17(25(29)30)12-18(11-15)26(31)32/h5-6,8-12H,3-4,7H2,1-2H3,(H,24,27)/b16-8+. The molecule has 0 fully saturated rings. The van der Waals surface area contributed by atoms with E-state index in [9.17, 15) is 35.1 Å². The van der Waals surface area contributed by atoms with Crippen molar-refractivity contribution in [1.82, 2.24) is 5.32 Å². The number of benzene rings is 2. The first-order valence-electron chi connectivity index (χ1n) is 9.94. The normalized spacial score (nSPS) is 10.7. The molecule has 12 nitrogen and oxygen atoms in total. The summed E-state index contributed by atoms with van der Waals surface area (Å²) in [4.78, 5) is 45.0. The smallest absolute Gasteiger partial charge is 0.344 e. The minimum absolute atomic E-state index is 0.0608. The second-order valence-electron chi connectivity index (χ2n) is 6.83. The van der Waals surface area contributed by atoms with E-state index >= 15 is 0 Å². The maximum absolute atomic E-state index is 12.5. The molecule has 0 aliphatic heterocycles. The SMILES string of the molecule is CCCCNC(=O)/C(C#N)=C/c1ccc(OC(=O)c2cc([N+](=O)[O-])cc([N+](=O)[O-])c2)c(OC)c1. The minimum atomic E-state index is -1.08. The topological polar surface area (TPSA) is 175 Å². The highest BCUT2D eigenvalue weighted by atomic mass is 16.6. The summed E-state index contributed by atoms with van der Waals surface area (Å²) < 4.78 is 10.4. The number of hydrogen-bond acceptors (Lipinski definition) is 9. The number of ether oxygens (including phenoxy) is 2. The third kappa shape index (κ3) is 6.60. The monoisotopic (exact) mass is 468 g/mol. The van der Waals surface area contributed by atoms with Gasteiger partial charge in [-0.25, -0.2) is 4.79 Å². The van der Waals surface area contributed by atoms with Gasteiger partial charge in [-0.1, -0.05) is 19.4 Å². The molecule has 2 aromatic rings. The van der Waals surface area contributed by atoms with E-state index in [4.69, 9.17) is 9.47 Å². The van der Waals surface area contributed by atoms with Crippen LogP contribution in [0.2, 0.25) is 0 Å². The van der Waals surface area contributed by atoms with Gasteiger partial charge in [-0.2, -0.15) is 5.26 Å². The Kier molecular flexibility index (Phi) is 8.78. The molecule has 2 rings (SSSR count). The molecule has 1 amide bonds. The zero-order valence-corrected chi connectivity index (χ0v) is 18.3. The zero-order valence-electron chi connectivity index (χ0n) is 18.3. The lowest BCUT2D eigenvalue weighted by Crippen LogP contribution is -2.25. The van der Waals surface area contributed by atoms with Gasteiger partial charge in [0.15, 0.2) is 11.5 Å². The molecule has 0 saturated carbocycles. The highest BCUT2D eigenvalue weighted by Crippen LogP contribution is 2.31. The van der Waals surface area contributed by atoms with E-state index in [0.29, 0.717) is 12.1 Å². The van der Waals surface area contributed by atoms with Crippen LogP contribution in [-0.2, 0) is 4.79 Å². The molecule has 0 heterocycles. The molecule has 0 aliphatic carbocycles. The lowest BCUT2D eigenvalue weighted by atomic mass is 10.1. The van der Waals surface area contributed by atoms with Gasteiger partial charge in [0.1, 0.15) is 11.6 Å². The lowest BCUT2D eigenvalue weighted by molar-refractivity contribution is -0.394. The Balaban J connectivity index is 2.31. The van der Waals surface area contributed by atoms with Crippen LogP contribution in [0.5, 0.6) is 11.5 Å². The van der Waals surface area contributed by atoms with Gasteiger partial charge < -0.3 is 14.8 Å². The average Bonchev–Trinajstić information content (AvgIpc) is 2.82. The number of nitro benzene ring substituents is 2. The van der Waals surface area contributed by atoms with Crippen molar-refractivity contribution in [2.24, 2.45) is 0 Å². The number of hydrogen-bond donors (Lipinski definition) is 1. The van der Waals surface area contributed by atoms with Gasteiger partial charge in [-0.3, -0.25) is 25.0 Å². The van der Waals surface area contributed by atoms with Crippen LogP contribution in [0.1, 0.15) is 35.7 Å². The molecule has 176 valence electrons. The van der Waals surface area contributed by atoms with Gasteiger partial charge in [0.25, 0.3) is 17.3 Å². The van der Waals surface area contributed by atoms with Gasteiger partial charge in [0.2, 0.25) is 0 Å². The van der Waals surface area contributed by atoms with Crippen molar-refractivity contribution < 1.29 is 28.9 Å². The summed E-state index contributed by atoms with van der Waals surface area (Å²) in [6, 6.07) is 8.46. The fourth-order valence-corrected chi connectivity index (χ4v) is 2.73. The molecule has 12 heteroatoms. The number of nitrogens with zero attached hydrogens (tertiary/aromatic N) is 3. The first kappa shape index (κ1) is 25.5.